The molecule has 1 aromatic heterocycles. The third kappa shape index (κ3) is 6.27. The Morgan fingerprint density at radius 1 is 1.04 bits per heavy atom. The quantitative estimate of drug-likeness (QED) is 0.595. The fraction of sp³-hybridized carbons (Fsp3) is 0.263. The van der Waals surface area contributed by atoms with Gasteiger partial charge in [-0.1, -0.05) is 0 Å². The first kappa shape index (κ1) is 20.7. The van der Waals surface area contributed by atoms with Crippen molar-refractivity contribution in [3.63, 3.8) is 0 Å². The summed E-state index contributed by atoms with van der Waals surface area (Å²) in [4.78, 5) is 51.1. The van der Waals surface area contributed by atoms with Crippen LogP contribution in [0.15, 0.2) is 42.6 Å². The molecule has 0 aliphatic carbocycles. The van der Waals surface area contributed by atoms with Gasteiger partial charge in [0.25, 0.3) is 5.91 Å². The predicted molar refractivity (Wildman–Crippen MR) is 103 cm³/mol. The minimum absolute atomic E-state index is 0.178. The largest absolute Gasteiger partial charge is 0.451 e. The zero-order chi connectivity index (χ0) is 20.5. The van der Waals surface area contributed by atoms with Gasteiger partial charge in [-0.3, -0.25) is 14.4 Å². The Labute approximate surface area is 162 Å². The van der Waals surface area contributed by atoms with Crippen LogP contribution in [0.4, 0.5) is 11.4 Å². The number of rotatable bonds is 8. The van der Waals surface area contributed by atoms with Crippen LogP contribution in [0.3, 0.4) is 0 Å². The Bertz CT molecular complexity index is 831. The molecule has 3 N–H and O–H groups in total. The monoisotopic (exact) mass is 386 g/mol. The van der Waals surface area contributed by atoms with E-state index >= 15 is 0 Å². The molecule has 0 saturated heterocycles. The number of benzene rings is 1. The summed E-state index contributed by atoms with van der Waals surface area (Å²) in [5.74, 6) is -1.69. The summed E-state index contributed by atoms with van der Waals surface area (Å²) in [5, 5.41) is 5.30. The molecule has 0 aliphatic rings. The summed E-state index contributed by atoms with van der Waals surface area (Å²) < 4.78 is 4.95. The second-order valence-corrected chi connectivity index (χ2v) is 5.87. The van der Waals surface area contributed by atoms with Crippen LogP contribution in [-0.2, 0) is 19.1 Å². The van der Waals surface area contributed by atoms with E-state index in [1.165, 1.54) is 17.9 Å². The maximum Gasteiger partial charge on any atom is 0.355 e. The predicted octanol–water partition coefficient (Wildman–Crippen LogP) is 1.62. The third-order valence-corrected chi connectivity index (χ3v) is 3.70. The van der Waals surface area contributed by atoms with Crippen molar-refractivity contribution in [1.29, 1.82) is 0 Å². The van der Waals surface area contributed by atoms with Gasteiger partial charge in [0, 0.05) is 31.0 Å². The Kier molecular flexibility index (Phi) is 7.32. The fourth-order valence-electron chi connectivity index (χ4n) is 2.34. The van der Waals surface area contributed by atoms with E-state index in [0.717, 1.165) is 0 Å². The second kappa shape index (κ2) is 9.91. The lowest BCUT2D eigenvalue weighted by atomic mass is 10.2. The van der Waals surface area contributed by atoms with E-state index in [4.69, 9.17) is 4.74 Å². The van der Waals surface area contributed by atoms with Crippen LogP contribution < -0.4 is 10.6 Å². The molecule has 0 bridgehead atoms. The van der Waals surface area contributed by atoms with Crippen molar-refractivity contribution in [1.82, 2.24) is 9.88 Å². The summed E-state index contributed by atoms with van der Waals surface area (Å²) in [6, 6.07) is 9.76. The molecule has 2 aromatic rings. The van der Waals surface area contributed by atoms with E-state index in [0.29, 0.717) is 11.4 Å². The van der Waals surface area contributed by atoms with E-state index in [1.54, 1.807) is 43.5 Å². The standard InChI is InChI=1S/C19H22N4O5/c1-3-23(18(26)12-28-19(27)16-5-4-10-20-16)11-17(25)22-15-8-6-14(7-9-15)21-13(2)24/h4-10,20H,3,11-12H2,1-2H3,(H,21,24)(H,22,25). The molecule has 0 radical (unpaired) electrons. The zero-order valence-electron chi connectivity index (χ0n) is 15.7. The molecule has 2 rings (SSSR count). The number of ether oxygens (including phenoxy) is 1. The number of amides is 3. The number of hydrogen-bond acceptors (Lipinski definition) is 5. The molecule has 148 valence electrons. The van der Waals surface area contributed by atoms with Crippen LogP contribution in [0, 0.1) is 0 Å². The van der Waals surface area contributed by atoms with Gasteiger partial charge in [-0.25, -0.2) is 4.79 Å². The minimum atomic E-state index is -0.641. The van der Waals surface area contributed by atoms with Crippen molar-refractivity contribution in [2.75, 3.05) is 30.3 Å². The number of anilines is 2. The van der Waals surface area contributed by atoms with E-state index < -0.39 is 24.4 Å². The van der Waals surface area contributed by atoms with Gasteiger partial charge in [0.05, 0.1) is 6.54 Å². The van der Waals surface area contributed by atoms with Crippen molar-refractivity contribution in [3.8, 4) is 0 Å². The average molecular weight is 386 g/mol. The normalized spacial score (nSPS) is 10.1. The lowest BCUT2D eigenvalue weighted by Gasteiger charge is -2.20. The van der Waals surface area contributed by atoms with Crippen molar-refractivity contribution < 1.29 is 23.9 Å². The highest BCUT2D eigenvalue weighted by atomic mass is 16.5. The van der Waals surface area contributed by atoms with Crippen molar-refractivity contribution in [3.05, 3.63) is 48.3 Å². The van der Waals surface area contributed by atoms with E-state index in [2.05, 4.69) is 15.6 Å². The van der Waals surface area contributed by atoms with Crippen molar-refractivity contribution >= 4 is 35.1 Å². The molecular formula is C19H22N4O5. The number of carbonyl (C=O) groups is 4. The zero-order valence-corrected chi connectivity index (χ0v) is 15.7. The Balaban J connectivity index is 1.83. The molecule has 0 aliphatic heterocycles. The van der Waals surface area contributed by atoms with E-state index in [1.807, 2.05) is 0 Å². The third-order valence-electron chi connectivity index (χ3n) is 3.70. The van der Waals surface area contributed by atoms with Crippen LogP contribution in [0.1, 0.15) is 24.3 Å². The van der Waals surface area contributed by atoms with E-state index in [-0.39, 0.29) is 24.7 Å². The van der Waals surface area contributed by atoms with Crippen molar-refractivity contribution in [2.45, 2.75) is 13.8 Å². The van der Waals surface area contributed by atoms with Crippen LogP contribution >= 0.6 is 0 Å². The molecule has 0 spiro atoms. The van der Waals surface area contributed by atoms with Gasteiger partial charge in [-0.2, -0.15) is 0 Å². The number of nitrogens with one attached hydrogen (secondary N) is 3. The average Bonchev–Trinajstić information content (AvgIpc) is 3.20. The first-order valence-electron chi connectivity index (χ1n) is 8.64. The number of hydrogen-bond donors (Lipinski definition) is 3. The summed E-state index contributed by atoms with van der Waals surface area (Å²) in [5.41, 5.74) is 1.39. The van der Waals surface area contributed by atoms with Crippen LogP contribution in [0.5, 0.6) is 0 Å². The highest BCUT2D eigenvalue weighted by molar-refractivity contribution is 5.96. The first-order valence-corrected chi connectivity index (χ1v) is 8.64. The smallest absolute Gasteiger partial charge is 0.355 e. The summed E-state index contributed by atoms with van der Waals surface area (Å²) in [6.45, 7) is 2.78. The maximum absolute atomic E-state index is 12.2. The highest BCUT2D eigenvalue weighted by Gasteiger charge is 2.18. The maximum atomic E-state index is 12.2. The topological polar surface area (TPSA) is 121 Å². The van der Waals surface area contributed by atoms with Gasteiger partial charge in [0.2, 0.25) is 11.8 Å². The molecule has 0 unspecified atom stereocenters. The summed E-state index contributed by atoms with van der Waals surface area (Å²) >= 11 is 0. The SMILES string of the molecule is CCN(CC(=O)Nc1ccc(NC(C)=O)cc1)C(=O)COC(=O)c1ccc[nH]1. The number of nitrogens with zero attached hydrogens (tertiary/aromatic N) is 1. The van der Waals surface area contributed by atoms with Gasteiger partial charge < -0.3 is 25.3 Å². The van der Waals surface area contributed by atoms with Gasteiger partial charge in [0.15, 0.2) is 6.61 Å². The van der Waals surface area contributed by atoms with Gasteiger partial charge in [-0.15, -0.1) is 0 Å². The van der Waals surface area contributed by atoms with Crippen LogP contribution in [0.2, 0.25) is 0 Å². The second-order valence-electron chi connectivity index (χ2n) is 5.87. The van der Waals surface area contributed by atoms with Gasteiger partial charge >= 0.3 is 5.97 Å². The summed E-state index contributed by atoms with van der Waals surface area (Å²) in [7, 11) is 0. The molecular weight excluding hydrogens is 364 g/mol. The number of aromatic nitrogens is 1. The molecule has 0 atom stereocenters. The molecule has 28 heavy (non-hydrogen) atoms. The minimum Gasteiger partial charge on any atom is -0.451 e. The van der Waals surface area contributed by atoms with Gasteiger partial charge in [0.1, 0.15) is 5.69 Å². The number of aromatic amines is 1. The van der Waals surface area contributed by atoms with Crippen molar-refractivity contribution in [2.24, 2.45) is 0 Å². The van der Waals surface area contributed by atoms with Gasteiger partial charge in [-0.05, 0) is 43.3 Å². The molecule has 1 heterocycles. The number of esters is 1. The molecule has 9 nitrogen and oxygen atoms in total. The Morgan fingerprint density at radius 2 is 1.68 bits per heavy atom. The van der Waals surface area contributed by atoms with Crippen LogP contribution in [-0.4, -0.2) is 53.3 Å². The van der Waals surface area contributed by atoms with Crippen LogP contribution in [0.25, 0.3) is 0 Å². The molecule has 0 fully saturated rings. The molecule has 1 aromatic carbocycles. The molecule has 9 heteroatoms. The molecule has 3 amide bonds. The Hall–Kier alpha value is -3.62. The van der Waals surface area contributed by atoms with E-state index in [9.17, 15) is 19.2 Å². The lowest BCUT2D eigenvalue weighted by Crippen LogP contribution is -2.40. The fourth-order valence-corrected chi connectivity index (χ4v) is 2.34. The number of H-pyrrole nitrogens is 1. The summed E-state index contributed by atoms with van der Waals surface area (Å²) in [6.07, 6.45) is 1.57. The number of likely N-dealkylation sites (N-methyl/N-ethyl adjacent to an activating group) is 1. The Morgan fingerprint density at radius 3 is 2.21 bits per heavy atom. The lowest BCUT2D eigenvalue weighted by molar-refractivity contribution is -0.137. The number of carbonyl (C=O) groups excluding carboxylic acids is 4. The highest BCUT2D eigenvalue weighted by Crippen LogP contribution is 2.13. The first-order chi connectivity index (χ1) is 13.4. The molecule has 0 saturated carbocycles.